The molecular formula is C17H17N5O2. The number of carbonyl (C=O) groups is 1. The molecule has 0 radical (unpaired) electrons. The number of nitrogens with one attached hydrogen (secondary N) is 1. The molecule has 0 bridgehead atoms. The summed E-state index contributed by atoms with van der Waals surface area (Å²) in [5.41, 5.74) is 1.98. The van der Waals surface area contributed by atoms with Crippen LogP contribution in [0, 0.1) is 0 Å². The van der Waals surface area contributed by atoms with Gasteiger partial charge in [0.25, 0.3) is 11.5 Å². The first-order chi connectivity index (χ1) is 11.5. The molecule has 1 N–H and O–H groups in total. The Morgan fingerprint density at radius 2 is 1.96 bits per heavy atom. The van der Waals surface area contributed by atoms with Crippen molar-refractivity contribution in [1.82, 2.24) is 24.6 Å². The minimum Gasteiger partial charge on any atom is -0.346 e. The third kappa shape index (κ3) is 3.24. The molecule has 0 saturated heterocycles. The topological polar surface area (TPSA) is 81.8 Å². The van der Waals surface area contributed by atoms with Crippen molar-refractivity contribution in [3.63, 3.8) is 0 Å². The van der Waals surface area contributed by atoms with E-state index in [1.165, 1.54) is 17.0 Å². The summed E-state index contributed by atoms with van der Waals surface area (Å²) in [6.07, 6.45) is 4.67. The van der Waals surface area contributed by atoms with Crippen molar-refractivity contribution in [2.45, 2.75) is 13.0 Å². The highest BCUT2D eigenvalue weighted by atomic mass is 16.2. The van der Waals surface area contributed by atoms with Crippen molar-refractivity contribution in [1.29, 1.82) is 0 Å². The minimum absolute atomic E-state index is 0.189. The Morgan fingerprint density at radius 3 is 2.58 bits per heavy atom. The first-order valence-corrected chi connectivity index (χ1v) is 7.47. The molecule has 24 heavy (non-hydrogen) atoms. The molecule has 7 nitrogen and oxygen atoms in total. The fraction of sp³-hybridized carbons (Fsp3) is 0.176. The van der Waals surface area contributed by atoms with Crippen molar-refractivity contribution in [3.8, 4) is 5.69 Å². The normalized spacial score (nSPS) is 11.9. The van der Waals surface area contributed by atoms with E-state index >= 15 is 0 Å². The van der Waals surface area contributed by atoms with Crippen LogP contribution >= 0.6 is 0 Å². The number of benzene rings is 1. The lowest BCUT2D eigenvalue weighted by Gasteiger charge is -2.15. The van der Waals surface area contributed by atoms with Gasteiger partial charge in [0.1, 0.15) is 12.7 Å². The second kappa shape index (κ2) is 6.49. The van der Waals surface area contributed by atoms with Crippen LogP contribution in [-0.2, 0) is 7.05 Å². The van der Waals surface area contributed by atoms with Gasteiger partial charge in [0.05, 0.1) is 11.7 Å². The maximum atomic E-state index is 12.3. The average Bonchev–Trinajstić information content (AvgIpc) is 3.12. The van der Waals surface area contributed by atoms with E-state index in [1.54, 1.807) is 30.3 Å². The van der Waals surface area contributed by atoms with Crippen LogP contribution in [0.4, 0.5) is 0 Å². The van der Waals surface area contributed by atoms with Gasteiger partial charge in [-0.1, -0.05) is 12.1 Å². The van der Waals surface area contributed by atoms with Crippen LogP contribution < -0.4 is 10.9 Å². The molecular weight excluding hydrogens is 306 g/mol. The fourth-order valence-corrected chi connectivity index (χ4v) is 2.31. The van der Waals surface area contributed by atoms with Gasteiger partial charge in [-0.15, -0.1) is 0 Å². The Balaban J connectivity index is 1.72. The zero-order valence-corrected chi connectivity index (χ0v) is 13.4. The van der Waals surface area contributed by atoms with Gasteiger partial charge in [-0.05, 0) is 30.7 Å². The summed E-state index contributed by atoms with van der Waals surface area (Å²) in [6, 6.07) is 10.4. The minimum atomic E-state index is -0.277. The third-order valence-electron chi connectivity index (χ3n) is 3.79. The highest BCUT2D eigenvalue weighted by Crippen LogP contribution is 2.15. The zero-order chi connectivity index (χ0) is 17.1. The summed E-state index contributed by atoms with van der Waals surface area (Å²) in [5.74, 6) is -0.277. The first-order valence-electron chi connectivity index (χ1n) is 7.47. The summed E-state index contributed by atoms with van der Waals surface area (Å²) in [5, 5.41) is 6.96. The van der Waals surface area contributed by atoms with Gasteiger partial charge in [0, 0.05) is 24.9 Å². The molecule has 1 amide bonds. The van der Waals surface area contributed by atoms with Gasteiger partial charge in [-0.3, -0.25) is 9.59 Å². The fourth-order valence-electron chi connectivity index (χ4n) is 2.31. The molecule has 0 saturated carbocycles. The highest BCUT2D eigenvalue weighted by molar-refractivity contribution is 5.94. The van der Waals surface area contributed by atoms with Crippen LogP contribution in [0.25, 0.3) is 5.69 Å². The van der Waals surface area contributed by atoms with E-state index in [-0.39, 0.29) is 17.5 Å². The van der Waals surface area contributed by atoms with E-state index < -0.39 is 0 Å². The lowest BCUT2D eigenvalue weighted by atomic mass is 10.1. The number of amides is 1. The smallest absolute Gasteiger partial charge is 0.252 e. The quantitative estimate of drug-likeness (QED) is 0.788. The number of pyridine rings is 1. The molecule has 122 valence electrons. The predicted molar refractivity (Wildman–Crippen MR) is 88.9 cm³/mol. The molecule has 1 atom stereocenters. The van der Waals surface area contributed by atoms with E-state index in [0.717, 1.165) is 11.3 Å². The SMILES string of the molecule is C[C@@H](NC(=O)c1ccn(C)c(=O)c1)c1ccc(-n2cncn2)cc1. The van der Waals surface area contributed by atoms with Gasteiger partial charge in [0.15, 0.2) is 0 Å². The molecule has 0 spiro atoms. The van der Waals surface area contributed by atoms with Crippen molar-refractivity contribution in [3.05, 3.63) is 76.7 Å². The summed E-state index contributed by atoms with van der Waals surface area (Å²) < 4.78 is 3.08. The van der Waals surface area contributed by atoms with E-state index in [4.69, 9.17) is 0 Å². The van der Waals surface area contributed by atoms with E-state index in [2.05, 4.69) is 15.4 Å². The summed E-state index contributed by atoms with van der Waals surface area (Å²) >= 11 is 0. The van der Waals surface area contributed by atoms with Crippen LogP contribution in [0.15, 0.2) is 60.0 Å². The van der Waals surface area contributed by atoms with Gasteiger partial charge in [-0.25, -0.2) is 9.67 Å². The molecule has 2 heterocycles. The monoisotopic (exact) mass is 323 g/mol. The second-order valence-electron chi connectivity index (χ2n) is 5.49. The van der Waals surface area contributed by atoms with Crippen molar-refractivity contribution >= 4 is 5.91 Å². The Bertz CT molecular complexity index is 897. The van der Waals surface area contributed by atoms with E-state index in [1.807, 2.05) is 31.2 Å². The summed E-state index contributed by atoms with van der Waals surface area (Å²) in [7, 11) is 1.64. The lowest BCUT2D eigenvalue weighted by molar-refractivity contribution is 0.0939. The molecule has 2 aromatic heterocycles. The Morgan fingerprint density at radius 1 is 1.21 bits per heavy atom. The van der Waals surface area contributed by atoms with Gasteiger partial charge < -0.3 is 9.88 Å². The average molecular weight is 323 g/mol. The van der Waals surface area contributed by atoms with Gasteiger partial charge >= 0.3 is 0 Å². The first kappa shape index (κ1) is 15.7. The summed E-state index contributed by atoms with van der Waals surface area (Å²) in [4.78, 5) is 27.8. The number of aryl methyl sites for hydroxylation is 1. The standard InChI is InChI=1S/C17H17N5O2/c1-12(20-17(24)14-7-8-21(2)16(23)9-14)13-3-5-15(6-4-13)22-11-18-10-19-22/h3-12H,1-2H3,(H,20,24)/t12-/m1/s1. The Labute approximate surface area is 138 Å². The maximum Gasteiger partial charge on any atom is 0.252 e. The number of aromatic nitrogens is 4. The molecule has 0 unspecified atom stereocenters. The third-order valence-corrected chi connectivity index (χ3v) is 3.79. The number of hydrogen-bond acceptors (Lipinski definition) is 4. The molecule has 0 aliphatic heterocycles. The number of hydrogen-bond donors (Lipinski definition) is 1. The van der Waals surface area contributed by atoms with Crippen LogP contribution in [0.3, 0.4) is 0 Å². The molecule has 3 aromatic rings. The maximum absolute atomic E-state index is 12.3. The molecule has 7 heteroatoms. The highest BCUT2D eigenvalue weighted by Gasteiger charge is 2.12. The van der Waals surface area contributed by atoms with Crippen LogP contribution in [0.5, 0.6) is 0 Å². The van der Waals surface area contributed by atoms with E-state index in [0.29, 0.717) is 5.56 Å². The van der Waals surface area contributed by atoms with Crippen LogP contribution in [0.2, 0.25) is 0 Å². The van der Waals surface area contributed by atoms with Crippen molar-refractivity contribution in [2.24, 2.45) is 7.05 Å². The number of rotatable bonds is 4. The molecule has 3 rings (SSSR count). The predicted octanol–water partition coefficient (Wildman–Crippen LogP) is 1.46. The molecule has 0 aliphatic carbocycles. The largest absolute Gasteiger partial charge is 0.346 e. The van der Waals surface area contributed by atoms with Crippen LogP contribution in [0.1, 0.15) is 28.9 Å². The van der Waals surface area contributed by atoms with Gasteiger partial charge in [-0.2, -0.15) is 5.10 Å². The molecule has 0 aliphatic rings. The molecule has 1 aromatic carbocycles. The second-order valence-corrected chi connectivity index (χ2v) is 5.49. The number of carbonyl (C=O) groups excluding carboxylic acids is 1. The van der Waals surface area contributed by atoms with E-state index in [9.17, 15) is 9.59 Å². The lowest BCUT2D eigenvalue weighted by Crippen LogP contribution is -2.28. The zero-order valence-electron chi connectivity index (χ0n) is 13.4. The Hall–Kier alpha value is -3.22. The number of nitrogens with zero attached hydrogens (tertiary/aromatic N) is 4. The Kier molecular flexibility index (Phi) is 4.24. The van der Waals surface area contributed by atoms with Crippen molar-refractivity contribution < 1.29 is 4.79 Å². The van der Waals surface area contributed by atoms with Crippen LogP contribution in [-0.4, -0.2) is 25.2 Å². The molecule has 0 fully saturated rings. The van der Waals surface area contributed by atoms with Crippen molar-refractivity contribution in [2.75, 3.05) is 0 Å². The summed E-state index contributed by atoms with van der Waals surface area (Å²) in [6.45, 7) is 1.89. The van der Waals surface area contributed by atoms with Gasteiger partial charge in [0.2, 0.25) is 0 Å².